The number of aliphatic hydroxyl groups excluding tert-OH is 1. The van der Waals surface area contributed by atoms with Gasteiger partial charge in [-0.15, -0.1) is 0 Å². The lowest BCUT2D eigenvalue weighted by molar-refractivity contribution is -0.119. The van der Waals surface area contributed by atoms with E-state index in [0.29, 0.717) is 16.3 Å². The van der Waals surface area contributed by atoms with Gasteiger partial charge in [-0.25, -0.2) is 0 Å². The minimum Gasteiger partial charge on any atom is -0.511 e. The highest BCUT2D eigenvalue weighted by Crippen LogP contribution is 2.56. The molecule has 0 aromatic heterocycles. The maximum absolute atomic E-state index is 11.7. The molecule has 3 aliphatic carbocycles. The number of halogens is 1. The fraction of sp³-hybridized carbons (Fsp3) is 0.500. The second kappa shape index (κ2) is 2.27. The van der Waals surface area contributed by atoms with E-state index in [2.05, 4.69) is 28.1 Å². The van der Waals surface area contributed by atoms with Gasteiger partial charge in [0, 0.05) is 11.8 Å². The zero-order valence-corrected chi connectivity index (χ0v) is 8.49. The van der Waals surface area contributed by atoms with Gasteiger partial charge in [0.05, 0.1) is 4.48 Å². The van der Waals surface area contributed by atoms with Gasteiger partial charge in [0.15, 0.2) is 5.78 Å². The quantitative estimate of drug-likeness (QED) is 0.660. The lowest BCUT2D eigenvalue weighted by Crippen LogP contribution is -2.21. The van der Waals surface area contributed by atoms with Gasteiger partial charge in [-0.3, -0.25) is 4.79 Å². The van der Waals surface area contributed by atoms with Crippen LogP contribution in [0.3, 0.4) is 0 Å². The molecule has 3 heteroatoms. The van der Waals surface area contributed by atoms with Crippen LogP contribution in [0, 0.1) is 23.7 Å². The Bertz CT molecular complexity index is 356. The van der Waals surface area contributed by atoms with E-state index < -0.39 is 0 Å². The molecule has 0 unspecified atom stereocenters. The van der Waals surface area contributed by atoms with Gasteiger partial charge in [0.25, 0.3) is 0 Å². The summed E-state index contributed by atoms with van der Waals surface area (Å²) in [7, 11) is 0. The molecule has 1 fully saturated rings. The van der Waals surface area contributed by atoms with Crippen LogP contribution in [0.4, 0.5) is 0 Å². The third-order valence-corrected chi connectivity index (χ3v) is 4.32. The van der Waals surface area contributed by atoms with Crippen LogP contribution in [-0.4, -0.2) is 10.9 Å². The number of rotatable bonds is 0. The molecule has 0 aromatic rings. The first kappa shape index (κ1) is 7.80. The highest BCUT2D eigenvalue weighted by Gasteiger charge is 2.54. The third kappa shape index (κ3) is 0.766. The van der Waals surface area contributed by atoms with Gasteiger partial charge in [-0.1, -0.05) is 12.2 Å². The molecule has 0 radical (unpaired) electrons. The summed E-state index contributed by atoms with van der Waals surface area (Å²) >= 11 is 3.16. The highest BCUT2D eigenvalue weighted by molar-refractivity contribution is 9.12. The first-order valence-corrected chi connectivity index (χ1v) is 5.30. The van der Waals surface area contributed by atoms with Gasteiger partial charge in [-0.2, -0.15) is 0 Å². The number of hydrogen-bond acceptors (Lipinski definition) is 2. The molecule has 2 bridgehead atoms. The van der Waals surface area contributed by atoms with Gasteiger partial charge < -0.3 is 5.11 Å². The van der Waals surface area contributed by atoms with Crippen LogP contribution in [0.15, 0.2) is 22.4 Å². The van der Waals surface area contributed by atoms with E-state index >= 15 is 0 Å². The molecule has 0 heterocycles. The van der Waals surface area contributed by atoms with E-state index in [1.807, 2.05) is 0 Å². The summed E-state index contributed by atoms with van der Waals surface area (Å²) in [6, 6.07) is 0. The summed E-state index contributed by atoms with van der Waals surface area (Å²) in [5.41, 5.74) is 0. The summed E-state index contributed by atoms with van der Waals surface area (Å²) < 4.78 is 0.417. The minimum atomic E-state index is 0.0318. The van der Waals surface area contributed by atoms with Crippen molar-refractivity contribution in [3.63, 3.8) is 0 Å². The molecule has 2 nitrogen and oxygen atoms in total. The van der Waals surface area contributed by atoms with E-state index in [4.69, 9.17) is 0 Å². The SMILES string of the molecule is O=C1C(Br)=C(O)[C@H]2[C@H]1[C@H]1C=C[C@H]2C1. The summed E-state index contributed by atoms with van der Waals surface area (Å²) in [6.45, 7) is 0. The first-order valence-electron chi connectivity index (χ1n) is 4.51. The Labute approximate surface area is 84.5 Å². The van der Waals surface area contributed by atoms with E-state index in [1.54, 1.807) is 0 Å². The number of aliphatic hydroxyl groups is 1. The van der Waals surface area contributed by atoms with E-state index in [9.17, 15) is 9.90 Å². The highest BCUT2D eigenvalue weighted by atomic mass is 79.9. The molecule has 1 saturated carbocycles. The first-order chi connectivity index (χ1) is 6.20. The van der Waals surface area contributed by atoms with Gasteiger partial charge in [0.1, 0.15) is 5.76 Å². The maximum atomic E-state index is 11.7. The average Bonchev–Trinajstić information content (AvgIpc) is 2.76. The molecule has 0 saturated heterocycles. The molecular formula is C10H9BrO2. The number of hydrogen-bond donors (Lipinski definition) is 1. The fourth-order valence-electron chi connectivity index (χ4n) is 2.97. The molecule has 3 rings (SSSR count). The summed E-state index contributed by atoms with van der Waals surface area (Å²) in [5, 5.41) is 9.74. The molecule has 68 valence electrons. The van der Waals surface area contributed by atoms with Crippen molar-refractivity contribution in [1.29, 1.82) is 0 Å². The number of ketones is 1. The predicted octanol–water partition coefficient (Wildman–Crippen LogP) is 2.17. The Morgan fingerprint density at radius 2 is 1.92 bits per heavy atom. The lowest BCUT2D eigenvalue weighted by Gasteiger charge is -2.18. The molecule has 0 aliphatic heterocycles. The normalized spacial score (nSPS) is 46.4. The summed E-state index contributed by atoms with van der Waals surface area (Å²) in [4.78, 5) is 11.7. The monoisotopic (exact) mass is 240 g/mol. The maximum Gasteiger partial charge on any atom is 0.177 e. The van der Waals surface area contributed by atoms with Crippen LogP contribution in [0.2, 0.25) is 0 Å². The molecule has 4 atom stereocenters. The standard InChI is InChI=1S/C10H9BrO2/c11-8-9(12)6-4-1-2-5(3-4)7(6)10(8)13/h1-2,4-7,12H,3H2/t4-,5-,6+,7+/m0/s1. The number of carbonyl (C=O) groups is 1. The summed E-state index contributed by atoms with van der Waals surface area (Å²) in [6.07, 6.45) is 5.31. The van der Waals surface area contributed by atoms with Crippen molar-refractivity contribution < 1.29 is 9.90 Å². The van der Waals surface area contributed by atoms with E-state index in [1.165, 1.54) is 0 Å². The van der Waals surface area contributed by atoms with Crippen LogP contribution in [0.25, 0.3) is 0 Å². The van der Waals surface area contributed by atoms with E-state index in [-0.39, 0.29) is 23.4 Å². The zero-order chi connectivity index (χ0) is 9.16. The van der Waals surface area contributed by atoms with Crippen LogP contribution in [0.1, 0.15) is 6.42 Å². The second-order valence-corrected chi connectivity index (χ2v) is 4.86. The Kier molecular flexibility index (Phi) is 1.36. The van der Waals surface area contributed by atoms with Crippen molar-refractivity contribution in [2.75, 3.05) is 0 Å². The molecule has 3 aliphatic rings. The van der Waals surface area contributed by atoms with Crippen molar-refractivity contribution in [2.45, 2.75) is 6.42 Å². The largest absolute Gasteiger partial charge is 0.511 e. The van der Waals surface area contributed by atoms with Gasteiger partial charge in [-0.05, 0) is 34.2 Å². The van der Waals surface area contributed by atoms with E-state index in [0.717, 1.165) is 6.42 Å². The van der Waals surface area contributed by atoms with Gasteiger partial charge >= 0.3 is 0 Å². The van der Waals surface area contributed by atoms with Crippen molar-refractivity contribution in [3.05, 3.63) is 22.4 Å². The lowest BCUT2D eigenvalue weighted by atomic mass is 9.84. The second-order valence-electron chi connectivity index (χ2n) is 4.06. The van der Waals surface area contributed by atoms with Crippen LogP contribution in [0.5, 0.6) is 0 Å². The Hall–Kier alpha value is -0.570. The Balaban J connectivity index is 2.11. The molecule has 0 amide bonds. The zero-order valence-electron chi connectivity index (χ0n) is 6.90. The van der Waals surface area contributed by atoms with Gasteiger partial charge in [0.2, 0.25) is 0 Å². The topological polar surface area (TPSA) is 37.3 Å². The number of allylic oxidation sites excluding steroid dienone is 4. The number of carbonyl (C=O) groups excluding carboxylic acids is 1. The van der Waals surface area contributed by atoms with Crippen LogP contribution in [-0.2, 0) is 4.79 Å². The van der Waals surface area contributed by atoms with Crippen molar-refractivity contribution in [2.24, 2.45) is 23.7 Å². The molecule has 13 heavy (non-hydrogen) atoms. The Morgan fingerprint density at radius 3 is 2.54 bits per heavy atom. The molecule has 0 spiro atoms. The predicted molar refractivity (Wildman–Crippen MR) is 51.3 cm³/mol. The number of fused-ring (bicyclic) bond motifs is 5. The van der Waals surface area contributed by atoms with Crippen molar-refractivity contribution in [1.82, 2.24) is 0 Å². The molecule has 1 N–H and O–H groups in total. The van der Waals surface area contributed by atoms with Crippen LogP contribution >= 0.6 is 15.9 Å². The molecular weight excluding hydrogens is 232 g/mol. The summed E-state index contributed by atoms with van der Waals surface area (Å²) in [5.74, 6) is 1.26. The van der Waals surface area contributed by atoms with Crippen molar-refractivity contribution in [3.8, 4) is 0 Å². The molecule has 0 aromatic carbocycles. The van der Waals surface area contributed by atoms with Crippen molar-refractivity contribution >= 4 is 21.7 Å². The average molecular weight is 241 g/mol. The number of Topliss-reactive ketones (excluding diaryl/α,β-unsaturated/α-hetero) is 1. The minimum absolute atomic E-state index is 0.0318. The fourth-order valence-corrected chi connectivity index (χ4v) is 3.50. The Morgan fingerprint density at radius 1 is 1.31 bits per heavy atom. The third-order valence-electron chi connectivity index (χ3n) is 3.52. The van der Waals surface area contributed by atoms with Crippen LogP contribution < -0.4 is 0 Å². The smallest absolute Gasteiger partial charge is 0.177 e.